The molecule has 0 aliphatic carbocycles. The summed E-state index contributed by atoms with van der Waals surface area (Å²) >= 11 is 4.48. The quantitative estimate of drug-likeness (QED) is 0.410. The van der Waals surface area contributed by atoms with Crippen LogP contribution in [0.4, 0.5) is 10.1 Å². The van der Waals surface area contributed by atoms with Gasteiger partial charge in [-0.25, -0.2) is 0 Å². The van der Waals surface area contributed by atoms with Crippen LogP contribution in [0.1, 0.15) is 0 Å². The Morgan fingerprint density at radius 3 is 2.47 bits per heavy atom. The third-order valence-electron chi connectivity index (χ3n) is 2.38. The van der Waals surface area contributed by atoms with Gasteiger partial charge in [-0.05, 0) is 35.1 Å². The zero-order valence-corrected chi connectivity index (χ0v) is 9.09. The van der Waals surface area contributed by atoms with Gasteiger partial charge in [-0.1, -0.05) is 30.3 Å². The van der Waals surface area contributed by atoms with Crippen molar-refractivity contribution in [1.29, 1.82) is 0 Å². The summed E-state index contributed by atoms with van der Waals surface area (Å²) in [5.74, 6) is 0. The van der Waals surface area contributed by atoms with E-state index in [4.69, 9.17) is 0 Å². The van der Waals surface area contributed by atoms with Crippen molar-refractivity contribution in [1.82, 2.24) is 0 Å². The van der Waals surface area contributed by atoms with Crippen LogP contribution in [0.25, 0.3) is 10.8 Å². The molecular weight excluding hydrogens is 209 g/mol. The number of halogens is 1. The predicted molar refractivity (Wildman–Crippen MR) is 66.1 cm³/mol. The normalized spacial score (nSPS) is 10.3. The number of anilines is 1. The van der Waals surface area contributed by atoms with Gasteiger partial charge in [-0.2, -0.15) is 4.39 Å². The third kappa shape index (κ3) is 1.97. The van der Waals surface area contributed by atoms with Gasteiger partial charge < -0.3 is 4.90 Å². The number of rotatable bonds is 1. The summed E-state index contributed by atoms with van der Waals surface area (Å²) in [7, 11) is 1.62. The highest BCUT2D eigenvalue weighted by Crippen LogP contribution is 2.21. The smallest absolute Gasteiger partial charge is 0.259 e. The van der Waals surface area contributed by atoms with Gasteiger partial charge in [0.1, 0.15) is 0 Å². The van der Waals surface area contributed by atoms with Crippen LogP contribution in [0, 0.1) is 0 Å². The SMILES string of the molecule is CN(C(F)=S)c1ccc2ccccc2c1. The standard InChI is InChI=1S/C12H10FNS/c1-14(12(13)15)11-7-6-9-4-2-3-5-10(9)8-11/h2-8H,1H3. The highest BCUT2D eigenvalue weighted by atomic mass is 32.1. The molecule has 1 nitrogen and oxygen atoms in total. The minimum atomic E-state index is -0.620. The number of fused-ring (bicyclic) bond motifs is 1. The van der Waals surface area contributed by atoms with Crippen molar-refractivity contribution >= 4 is 33.9 Å². The van der Waals surface area contributed by atoms with Crippen molar-refractivity contribution in [2.24, 2.45) is 0 Å². The second-order valence-electron chi connectivity index (χ2n) is 3.34. The Bertz CT molecular complexity index is 510. The Morgan fingerprint density at radius 1 is 1.13 bits per heavy atom. The summed E-state index contributed by atoms with van der Waals surface area (Å²) in [6.07, 6.45) is 0. The molecule has 2 rings (SSSR count). The summed E-state index contributed by atoms with van der Waals surface area (Å²) in [5, 5.41) is 1.60. The molecule has 0 saturated heterocycles. The van der Waals surface area contributed by atoms with E-state index in [0.717, 1.165) is 16.5 Å². The Balaban J connectivity index is 2.51. The molecule has 0 bridgehead atoms. The molecule has 0 aliphatic heterocycles. The Morgan fingerprint density at radius 2 is 1.80 bits per heavy atom. The zero-order chi connectivity index (χ0) is 10.8. The fraction of sp³-hybridized carbons (Fsp3) is 0.0833. The topological polar surface area (TPSA) is 3.24 Å². The first-order chi connectivity index (χ1) is 7.18. The van der Waals surface area contributed by atoms with Crippen LogP contribution in [0.3, 0.4) is 0 Å². The molecule has 0 saturated carbocycles. The molecule has 0 aromatic heterocycles. The molecule has 0 spiro atoms. The lowest BCUT2D eigenvalue weighted by Gasteiger charge is -2.14. The highest BCUT2D eigenvalue weighted by molar-refractivity contribution is 7.80. The van der Waals surface area contributed by atoms with Crippen molar-refractivity contribution in [3.05, 3.63) is 42.5 Å². The second-order valence-corrected chi connectivity index (χ2v) is 3.68. The molecule has 0 aliphatic rings. The Labute approximate surface area is 93.1 Å². The molecule has 76 valence electrons. The van der Waals surface area contributed by atoms with Gasteiger partial charge in [-0.3, -0.25) is 0 Å². The molecule has 0 fully saturated rings. The number of hydrogen-bond acceptors (Lipinski definition) is 1. The van der Waals surface area contributed by atoms with Crippen molar-refractivity contribution in [2.75, 3.05) is 11.9 Å². The van der Waals surface area contributed by atoms with Crippen molar-refractivity contribution in [3.63, 3.8) is 0 Å². The van der Waals surface area contributed by atoms with E-state index in [-0.39, 0.29) is 0 Å². The van der Waals surface area contributed by atoms with Crippen LogP contribution < -0.4 is 4.90 Å². The number of nitrogens with zero attached hydrogens (tertiary/aromatic N) is 1. The Hall–Kier alpha value is -1.48. The van der Waals surface area contributed by atoms with E-state index in [1.54, 1.807) is 7.05 Å². The summed E-state index contributed by atoms with van der Waals surface area (Å²) in [4.78, 5) is 1.35. The van der Waals surface area contributed by atoms with Crippen molar-refractivity contribution in [2.45, 2.75) is 0 Å². The van der Waals surface area contributed by atoms with Crippen LogP contribution in [-0.4, -0.2) is 12.3 Å². The van der Waals surface area contributed by atoms with Crippen LogP contribution in [0.5, 0.6) is 0 Å². The summed E-state index contributed by atoms with van der Waals surface area (Å²) in [5.41, 5.74) is 0.765. The lowest BCUT2D eigenvalue weighted by Crippen LogP contribution is -2.19. The minimum absolute atomic E-state index is 0.620. The predicted octanol–water partition coefficient (Wildman–Crippen LogP) is 3.53. The molecule has 0 N–H and O–H groups in total. The molecule has 0 unspecified atom stereocenters. The van der Waals surface area contributed by atoms with E-state index < -0.39 is 5.24 Å². The fourth-order valence-corrected chi connectivity index (χ4v) is 1.59. The van der Waals surface area contributed by atoms with Gasteiger partial charge >= 0.3 is 0 Å². The average Bonchev–Trinajstić information content (AvgIpc) is 2.27. The molecule has 3 heteroatoms. The zero-order valence-electron chi connectivity index (χ0n) is 8.27. The first kappa shape index (κ1) is 10.1. The first-order valence-electron chi connectivity index (χ1n) is 4.60. The largest absolute Gasteiger partial charge is 0.312 e. The maximum Gasteiger partial charge on any atom is 0.259 e. The van der Waals surface area contributed by atoms with Gasteiger partial charge in [0.25, 0.3) is 5.24 Å². The van der Waals surface area contributed by atoms with E-state index in [1.807, 2.05) is 42.5 Å². The van der Waals surface area contributed by atoms with Crippen molar-refractivity contribution in [3.8, 4) is 0 Å². The van der Waals surface area contributed by atoms with Gasteiger partial charge in [0, 0.05) is 12.7 Å². The monoisotopic (exact) mass is 219 g/mol. The van der Waals surface area contributed by atoms with Gasteiger partial charge in [-0.15, -0.1) is 0 Å². The maximum absolute atomic E-state index is 12.8. The van der Waals surface area contributed by atoms with E-state index in [2.05, 4.69) is 12.2 Å². The highest BCUT2D eigenvalue weighted by Gasteiger charge is 2.05. The molecule has 0 amide bonds. The van der Waals surface area contributed by atoms with Gasteiger partial charge in [0.15, 0.2) is 0 Å². The molecule has 15 heavy (non-hydrogen) atoms. The molecule has 0 atom stereocenters. The maximum atomic E-state index is 12.8. The van der Waals surface area contributed by atoms with Crippen LogP contribution >= 0.6 is 12.2 Å². The number of hydrogen-bond donors (Lipinski definition) is 0. The van der Waals surface area contributed by atoms with Gasteiger partial charge in [0.05, 0.1) is 0 Å². The Kier molecular flexibility index (Phi) is 2.64. The fourth-order valence-electron chi connectivity index (χ4n) is 1.49. The summed E-state index contributed by atoms with van der Waals surface area (Å²) in [6.45, 7) is 0. The van der Waals surface area contributed by atoms with E-state index in [1.165, 1.54) is 4.90 Å². The van der Waals surface area contributed by atoms with Crippen LogP contribution in [0.2, 0.25) is 0 Å². The number of thiocarbonyl (C=S) groups is 1. The average molecular weight is 219 g/mol. The van der Waals surface area contributed by atoms with Gasteiger partial charge in [0.2, 0.25) is 0 Å². The van der Waals surface area contributed by atoms with Crippen LogP contribution in [-0.2, 0) is 0 Å². The molecule has 0 radical (unpaired) electrons. The molecule has 0 heterocycles. The first-order valence-corrected chi connectivity index (χ1v) is 5.01. The summed E-state index contributed by atoms with van der Waals surface area (Å²) < 4.78 is 12.8. The van der Waals surface area contributed by atoms with E-state index >= 15 is 0 Å². The van der Waals surface area contributed by atoms with E-state index in [9.17, 15) is 4.39 Å². The number of benzene rings is 2. The lowest BCUT2D eigenvalue weighted by molar-refractivity contribution is 0.801. The van der Waals surface area contributed by atoms with E-state index in [0.29, 0.717) is 0 Å². The molecular formula is C12H10FNS. The minimum Gasteiger partial charge on any atom is -0.312 e. The molecule has 2 aromatic carbocycles. The lowest BCUT2D eigenvalue weighted by atomic mass is 10.1. The van der Waals surface area contributed by atoms with Crippen molar-refractivity contribution < 1.29 is 4.39 Å². The van der Waals surface area contributed by atoms with Crippen LogP contribution in [0.15, 0.2) is 42.5 Å². The second kappa shape index (κ2) is 3.95. The molecule has 2 aromatic rings. The summed E-state index contributed by atoms with van der Waals surface area (Å²) in [6, 6.07) is 13.7. The third-order valence-corrected chi connectivity index (χ3v) is 2.66.